The molecule has 0 N–H and O–H groups in total. The van der Waals surface area contributed by atoms with Crippen LogP contribution in [0.2, 0.25) is 0 Å². The minimum Gasteiger partial charge on any atom is -0.494 e. The minimum absolute atomic E-state index is 0.255. The van der Waals surface area contributed by atoms with Crippen LogP contribution in [0.5, 0.6) is 5.75 Å². The lowest BCUT2D eigenvalue weighted by molar-refractivity contribution is 0.0893. The van der Waals surface area contributed by atoms with Crippen LogP contribution in [-0.2, 0) is 12.8 Å². The number of amides is 2. The van der Waals surface area contributed by atoms with Crippen LogP contribution in [0.4, 0.5) is 5.69 Å². The molecule has 4 nitrogen and oxygen atoms in total. The summed E-state index contributed by atoms with van der Waals surface area (Å²) in [4.78, 5) is 27.8. The molecule has 0 atom stereocenters. The van der Waals surface area contributed by atoms with Crippen LogP contribution in [0.1, 0.15) is 58.0 Å². The number of nitrogens with zero attached hydrogens (tertiary/aromatic N) is 1. The van der Waals surface area contributed by atoms with Crippen LogP contribution in [0.3, 0.4) is 0 Å². The van der Waals surface area contributed by atoms with E-state index in [1.807, 2.05) is 36.4 Å². The van der Waals surface area contributed by atoms with E-state index in [2.05, 4.69) is 6.92 Å². The molecule has 0 saturated carbocycles. The second-order valence-electron chi connectivity index (χ2n) is 7.79. The van der Waals surface area contributed by atoms with Crippen LogP contribution in [0.15, 0.2) is 48.5 Å². The lowest BCUT2D eigenvalue weighted by Crippen LogP contribution is -2.40. The van der Waals surface area contributed by atoms with Crippen molar-refractivity contribution in [1.82, 2.24) is 0 Å². The highest BCUT2D eigenvalue weighted by Gasteiger charge is 2.35. The predicted octanol–water partition coefficient (Wildman–Crippen LogP) is 5.31. The standard InChI is InChI=1S/C25H23NO3/c1-2-3-4-15-29-19-11-9-18(10-12-19)26-24(27)20-13-7-16-5-6-17-8-14-21(25(26)28)23(20)22(16)17/h7-14H,2-6,15H2,1H3. The summed E-state index contributed by atoms with van der Waals surface area (Å²) in [6.45, 7) is 2.83. The third-order valence-electron chi connectivity index (χ3n) is 5.98. The molecule has 0 bridgehead atoms. The summed E-state index contributed by atoms with van der Waals surface area (Å²) in [6.07, 6.45) is 5.26. The van der Waals surface area contributed by atoms with Gasteiger partial charge in [-0.15, -0.1) is 0 Å². The number of hydrogen-bond donors (Lipinski definition) is 0. The molecular weight excluding hydrogens is 362 g/mol. The molecule has 4 heteroatoms. The Morgan fingerprint density at radius 1 is 0.793 bits per heavy atom. The van der Waals surface area contributed by atoms with Gasteiger partial charge in [-0.05, 0) is 72.2 Å². The highest BCUT2D eigenvalue weighted by molar-refractivity contribution is 6.36. The third-order valence-corrected chi connectivity index (χ3v) is 5.98. The van der Waals surface area contributed by atoms with Crippen LogP contribution in [0.25, 0.3) is 10.8 Å². The van der Waals surface area contributed by atoms with Crippen molar-refractivity contribution in [3.05, 3.63) is 70.8 Å². The van der Waals surface area contributed by atoms with E-state index < -0.39 is 0 Å². The van der Waals surface area contributed by atoms with Crippen LogP contribution >= 0.6 is 0 Å². The first-order chi connectivity index (χ1) is 14.2. The number of rotatable bonds is 6. The molecule has 1 aliphatic carbocycles. The molecule has 2 amide bonds. The zero-order valence-electron chi connectivity index (χ0n) is 16.5. The number of anilines is 1. The molecule has 1 aliphatic heterocycles. The van der Waals surface area contributed by atoms with Crippen molar-refractivity contribution in [2.24, 2.45) is 0 Å². The van der Waals surface area contributed by atoms with E-state index in [1.54, 1.807) is 12.1 Å². The van der Waals surface area contributed by atoms with Crippen molar-refractivity contribution >= 4 is 28.3 Å². The number of ether oxygens (including phenoxy) is 1. The van der Waals surface area contributed by atoms with Crippen molar-refractivity contribution in [1.29, 1.82) is 0 Å². The van der Waals surface area contributed by atoms with Gasteiger partial charge in [-0.1, -0.05) is 31.9 Å². The monoisotopic (exact) mass is 385 g/mol. The van der Waals surface area contributed by atoms with Gasteiger partial charge in [0.15, 0.2) is 0 Å². The van der Waals surface area contributed by atoms with Crippen molar-refractivity contribution in [3.63, 3.8) is 0 Å². The van der Waals surface area contributed by atoms with E-state index in [0.717, 1.165) is 48.6 Å². The Morgan fingerprint density at radius 3 is 2.00 bits per heavy atom. The van der Waals surface area contributed by atoms with Gasteiger partial charge in [-0.25, -0.2) is 4.90 Å². The Kier molecular flexibility index (Phi) is 4.35. The van der Waals surface area contributed by atoms with Crippen LogP contribution in [0, 0.1) is 0 Å². The molecule has 0 saturated heterocycles. The molecule has 3 aromatic rings. The summed E-state index contributed by atoms with van der Waals surface area (Å²) < 4.78 is 5.75. The molecule has 2 aliphatic rings. The van der Waals surface area contributed by atoms with Crippen LogP contribution < -0.4 is 9.64 Å². The first kappa shape index (κ1) is 17.9. The number of benzene rings is 3. The predicted molar refractivity (Wildman–Crippen MR) is 114 cm³/mol. The minimum atomic E-state index is -0.255. The van der Waals surface area contributed by atoms with Crippen molar-refractivity contribution in [3.8, 4) is 5.75 Å². The average molecular weight is 385 g/mol. The van der Waals surface area contributed by atoms with Gasteiger partial charge in [-0.3, -0.25) is 9.59 Å². The topological polar surface area (TPSA) is 46.6 Å². The maximum atomic E-state index is 13.3. The van der Waals surface area contributed by atoms with Crippen LogP contribution in [-0.4, -0.2) is 18.4 Å². The fourth-order valence-electron chi connectivity index (χ4n) is 4.49. The Bertz CT molecular complexity index is 1070. The van der Waals surface area contributed by atoms with Gasteiger partial charge in [0.2, 0.25) is 0 Å². The lowest BCUT2D eigenvalue weighted by Gasteiger charge is -2.27. The van der Waals surface area contributed by atoms with Gasteiger partial charge in [0.05, 0.1) is 12.3 Å². The second-order valence-corrected chi connectivity index (χ2v) is 7.79. The molecule has 0 spiro atoms. The molecule has 1 heterocycles. The van der Waals surface area contributed by atoms with Crippen molar-refractivity contribution in [2.45, 2.75) is 39.0 Å². The quantitative estimate of drug-likeness (QED) is 0.427. The average Bonchev–Trinajstić information content (AvgIpc) is 3.17. The molecule has 0 unspecified atom stereocenters. The fourth-order valence-corrected chi connectivity index (χ4v) is 4.49. The number of unbranched alkanes of at least 4 members (excludes halogenated alkanes) is 2. The number of carbonyl (C=O) groups is 2. The molecule has 0 radical (unpaired) electrons. The smallest absolute Gasteiger partial charge is 0.265 e. The zero-order chi connectivity index (χ0) is 20.0. The highest BCUT2D eigenvalue weighted by atomic mass is 16.5. The molecule has 3 aromatic carbocycles. The highest BCUT2D eigenvalue weighted by Crippen LogP contribution is 2.39. The lowest BCUT2D eigenvalue weighted by atomic mass is 9.91. The first-order valence-electron chi connectivity index (χ1n) is 10.4. The SMILES string of the molecule is CCCCCOc1ccc(N2C(=O)c3ccc4c5c(ccc(c35)C2=O)CC4)cc1. The Hall–Kier alpha value is -3.14. The van der Waals surface area contributed by atoms with Gasteiger partial charge in [0, 0.05) is 16.5 Å². The summed E-state index contributed by atoms with van der Waals surface area (Å²) in [5.41, 5.74) is 4.27. The zero-order valence-corrected chi connectivity index (χ0v) is 16.5. The van der Waals surface area contributed by atoms with Crippen molar-refractivity contribution < 1.29 is 14.3 Å². The number of imide groups is 1. The Morgan fingerprint density at radius 2 is 1.41 bits per heavy atom. The van der Waals surface area contributed by atoms with Crippen molar-refractivity contribution in [2.75, 3.05) is 11.5 Å². The first-order valence-corrected chi connectivity index (χ1v) is 10.4. The van der Waals surface area contributed by atoms with E-state index in [1.165, 1.54) is 16.0 Å². The summed E-state index contributed by atoms with van der Waals surface area (Å²) in [5.74, 6) is 0.244. The Labute approximate surface area is 170 Å². The van der Waals surface area contributed by atoms with Gasteiger partial charge >= 0.3 is 0 Å². The Balaban J connectivity index is 1.48. The summed E-state index contributed by atoms with van der Waals surface area (Å²) >= 11 is 0. The summed E-state index contributed by atoms with van der Waals surface area (Å²) in [6, 6.07) is 15.1. The second kappa shape index (κ2) is 7.03. The van der Waals surface area contributed by atoms with E-state index in [-0.39, 0.29) is 11.8 Å². The van der Waals surface area contributed by atoms with Gasteiger partial charge < -0.3 is 4.74 Å². The number of hydrogen-bond acceptors (Lipinski definition) is 3. The van der Waals surface area contributed by atoms with Gasteiger partial charge in [0.1, 0.15) is 5.75 Å². The molecular formula is C25H23NO3. The van der Waals surface area contributed by atoms with E-state index in [9.17, 15) is 9.59 Å². The van der Waals surface area contributed by atoms with E-state index in [0.29, 0.717) is 23.4 Å². The molecule has 0 aromatic heterocycles. The molecule has 5 rings (SSSR count). The number of aryl methyl sites for hydroxylation is 2. The maximum Gasteiger partial charge on any atom is 0.265 e. The summed E-state index contributed by atoms with van der Waals surface area (Å²) in [5, 5.41) is 1.94. The maximum absolute atomic E-state index is 13.3. The molecule has 0 fully saturated rings. The summed E-state index contributed by atoms with van der Waals surface area (Å²) in [7, 11) is 0. The molecule has 29 heavy (non-hydrogen) atoms. The number of carbonyl (C=O) groups excluding carboxylic acids is 2. The normalized spacial score (nSPS) is 14.7. The third kappa shape index (κ3) is 2.82. The largest absolute Gasteiger partial charge is 0.494 e. The fraction of sp³-hybridized carbons (Fsp3) is 0.280. The van der Waals surface area contributed by atoms with E-state index in [4.69, 9.17) is 4.74 Å². The molecule has 146 valence electrons. The van der Waals surface area contributed by atoms with Gasteiger partial charge in [-0.2, -0.15) is 0 Å². The van der Waals surface area contributed by atoms with E-state index >= 15 is 0 Å². The van der Waals surface area contributed by atoms with Gasteiger partial charge in [0.25, 0.3) is 11.8 Å².